The van der Waals surface area contributed by atoms with Gasteiger partial charge in [-0.15, -0.1) is 0 Å². The van der Waals surface area contributed by atoms with Gasteiger partial charge in [0.2, 0.25) is 10.0 Å². The molecule has 4 rings (SSSR count). The van der Waals surface area contributed by atoms with Crippen molar-refractivity contribution < 1.29 is 12.9 Å². The molecule has 3 aromatic rings. The van der Waals surface area contributed by atoms with E-state index in [0.29, 0.717) is 47.9 Å². The van der Waals surface area contributed by atoms with Crippen LogP contribution in [0.25, 0.3) is 10.9 Å². The van der Waals surface area contributed by atoms with E-state index >= 15 is 0 Å². The molecule has 1 aliphatic heterocycles. The Labute approximate surface area is 181 Å². The van der Waals surface area contributed by atoms with Crippen LogP contribution in [0.3, 0.4) is 0 Å². The van der Waals surface area contributed by atoms with E-state index in [-0.39, 0.29) is 17.7 Å². The van der Waals surface area contributed by atoms with Crippen LogP contribution in [0.1, 0.15) is 30.4 Å². The number of sulfonamides is 1. The Kier molecular flexibility index (Phi) is 5.96. The lowest BCUT2D eigenvalue weighted by Gasteiger charge is -2.33. The van der Waals surface area contributed by atoms with Crippen LogP contribution in [0, 0.1) is 13.8 Å². The summed E-state index contributed by atoms with van der Waals surface area (Å²) < 4.78 is 34.0. The van der Waals surface area contributed by atoms with E-state index in [1.54, 1.807) is 19.1 Å². The molecule has 31 heavy (non-hydrogen) atoms. The molecule has 9 nitrogen and oxygen atoms in total. The molecule has 10 heteroatoms. The van der Waals surface area contributed by atoms with Crippen molar-refractivity contribution in [1.29, 1.82) is 0 Å². The average molecular weight is 446 g/mol. The number of hydrogen-bond donors (Lipinski definition) is 0. The maximum Gasteiger partial charge on any atom is 0.298 e. The van der Waals surface area contributed by atoms with E-state index in [9.17, 15) is 13.2 Å². The minimum atomic E-state index is -3.53. The fourth-order valence-electron chi connectivity index (χ4n) is 4.01. The SMILES string of the molecule is CCCc1ccc(S(=O)(=O)N2CCN(Cn3nc(C)c4c(C)onc4c3=O)CC2)cc1. The molecule has 0 saturated carbocycles. The van der Waals surface area contributed by atoms with Crippen molar-refractivity contribution in [2.45, 2.75) is 45.2 Å². The number of benzene rings is 1. The lowest BCUT2D eigenvalue weighted by atomic mass is 10.1. The second-order valence-electron chi connectivity index (χ2n) is 7.91. The van der Waals surface area contributed by atoms with Crippen molar-refractivity contribution in [1.82, 2.24) is 24.1 Å². The minimum Gasteiger partial charge on any atom is -0.360 e. The first-order valence-electron chi connectivity index (χ1n) is 10.5. The van der Waals surface area contributed by atoms with Gasteiger partial charge in [-0.05, 0) is 38.0 Å². The molecule has 166 valence electrons. The number of piperazine rings is 1. The number of hydrogen-bond acceptors (Lipinski definition) is 7. The Morgan fingerprint density at radius 1 is 1.06 bits per heavy atom. The molecule has 1 fully saturated rings. The summed E-state index contributed by atoms with van der Waals surface area (Å²) in [5.74, 6) is 0.575. The fraction of sp³-hybridized carbons (Fsp3) is 0.476. The van der Waals surface area contributed by atoms with Crippen LogP contribution < -0.4 is 5.56 Å². The number of aromatic nitrogens is 3. The van der Waals surface area contributed by atoms with Crippen molar-refractivity contribution in [3.8, 4) is 0 Å². The first-order valence-corrected chi connectivity index (χ1v) is 11.9. The van der Waals surface area contributed by atoms with Crippen LogP contribution in [0.2, 0.25) is 0 Å². The number of nitrogens with zero attached hydrogens (tertiary/aromatic N) is 5. The second-order valence-corrected chi connectivity index (χ2v) is 9.85. The van der Waals surface area contributed by atoms with Gasteiger partial charge in [-0.3, -0.25) is 9.69 Å². The van der Waals surface area contributed by atoms with Gasteiger partial charge >= 0.3 is 0 Å². The van der Waals surface area contributed by atoms with E-state index in [1.165, 1.54) is 8.99 Å². The third-order valence-corrected chi connectivity index (χ3v) is 7.61. The molecule has 0 atom stereocenters. The Balaban J connectivity index is 1.45. The van der Waals surface area contributed by atoms with Crippen LogP contribution in [-0.4, -0.2) is 58.7 Å². The molecular formula is C21H27N5O4S. The van der Waals surface area contributed by atoms with Gasteiger partial charge in [0.05, 0.1) is 22.6 Å². The summed E-state index contributed by atoms with van der Waals surface area (Å²) in [6.07, 6.45) is 1.96. The summed E-state index contributed by atoms with van der Waals surface area (Å²) in [7, 11) is -3.53. The van der Waals surface area contributed by atoms with E-state index in [1.807, 2.05) is 24.0 Å². The predicted octanol–water partition coefficient (Wildman–Crippen LogP) is 1.92. The number of fused-ring (bicyclic) bond motifs is 1. The minimum absolute atomic E-state index is 0.276. The highest BCUT2D eigenvalue weighted by Gasteiger charge is 2.29. The van der Waals surface area contributed by atoms with Gasteiger partial charge in [-0.1, -0.05) is 30.6 Å². The van der Waals surface area contributed by atoms with Gasteiger partial charge in [-0.2, -0.15) is 9.40 Å². The summed E-state index contributed by atoms with van der Waals surface area (Å²) in [5.41, 5.74) is 1.79. The average Bonchev–Trinajstić information content (AvgIpc) is 3.15. The third-order valence-electron chi connectivity index (χ3n) is 5.70. The van der Waals surface area contributed by atoms with Crippen molar-refractivity contribution >= 4 is 20.9 Å². The quantitative estimate of drug-likeness (QED) is 0.571. The van der Waals surface area contributed by atoms with Gasteiger partial charge < -0.3 is 4.52 Å². The van der Waals surface area contributed by atoms with Crippen molar-refractivity contribution in [3.63, 3.8) is 0 Å². The Bertz CT molecular complexity index is 1240. The van der Waals surface area contributed by atoms with Crippen molar-refractivity contribution in [3.05, 3.63) is 51.6 Å². The highest BCUT2D eigenvalue weighted by atomic mass is 32.2. The van der Waals surface area contributed by atoms with Crippen LogP contribution in [0.4, 0.5) is 0 Å². The topological polar surface area (TPSA) is 102 Å². The molecule has 0 unspecified atom stereocenters. The standard InChI is InChI=1S/C21H27N5O4S/c1-4-5-17-6-8-18(9-7-17)31(28,29)25-12-10-24(11-13-25)14-26-21(27)20-19(15(2)22-26)16(3)30-23-20/h6-9H,4-5,10-14H2,1-3H3. The van der Waals surface area contributed by atoms with Gasteiger partial charge in [0, 0.05) is 26.2 Å². The van der Waals surface area contributed by atoms with E-state index < -0.39 is 10.0 Å². The molecule has 3 heterocycles. The summed E-state index contributed by atoms with van der Waals surface area (Å²) >= 11 is 0. The van der Waals surface area contributed by atoms with Gasteiger partial charge in [0.25, 0.3) is 5.56 Å². The molecule has 0 N–H and O–H groups in total. The molecule has 1 aliphatic rings. The molecule has 0 amide bonds. The van der Waals surface area contributed by atoms with Gasteiger partial charge in [0.15, 0.2) is 5.52 Å². The Morgan fingerprint density at radius 3 is 2.39 bits per heavy atom. The Morgan fingerprint density at radius 2 is 1.74 bits per heavy atom. The zero-order valence-corrected chi connectivity index (χ0v) is 18.9. The van der Waals surface area contributed by atoms with Crippen LogP contribution >= 0.6 is 0 Å². The fourth-order valence-corrected chi connectivity index (χ4v) is 5.43. The molecule has 0 radical (unpaired) electrons. The predicted molar refractivity (Wildman–Crippen MR) is 116 cm³/mol. The molecule has 0 aliphatic carbocycles. The molecule has 0 bridgehead atoms. The molecule has 2 aromatic heterocycles. The third kappa shape index (κ3) is 4.15. The molecule has 1 aromatic carbocycles. The van der Waals surface area contributed by atoms with E-state index in [4.69, 9.17) is 4.52 Å². The Hall–Kier alpha value is -2.56. The van der Waals surface area contributed by atoms with Crippen LogP contribution in [-0.2, 0) is 23.1 Å². The monoisotopic (exact) mass is 445 g/mol. The van der Waals surface area contributed by atoms with Crippen LogP contribution in [0.5, 0.6) is 0 Å². The first-order chi connectivity index (χ1) is 14.8. The number of rotatable bonds is 6. The zero-order valence-electron chi connectivity index (χ0n) is 18.0. The van der Waals surface area contributed by atoms with E-state index in [2.05, 4.69) is 17.2 Å². The summed E-state index contributed by atoms with van der Waals surface area (Å²) in [5, 5.41) is 8.93. The highest BCUT2D eigenvalue weighted by Crippen LogP contribution is 2.20. The second kappa shape index (κ2) is 8.52. The van der Waals surface area contributed by atoms with E-state index in [0.717, 1.165) is 18.4 Å². The van der Waals surface area contributed by atoms with Gasteiger partial charge in [-0.25, -0.2) is 13.1 Å². The smallest absolute Gasteiger partial charge is 0.298 e. The molecular weight excluding hydrogens is 418 g/mol. The summed E-state index contributed by atoms with van der Waals surface area (Å²) in [4.78, 5) is 15.0. The maximum absolute atomic E-state index is 13.0. The van der Waals surface area contributed by atoms with Crippen molar-refractivity contribution in [2.75, 3.05) is 26.2 Å². The highest BCUT2D eigenvalue weighted by molar-refractivity contribution is 7.89. The van der Waals surface area contributed by atoms with Gasteiger partial charge in [0.1, 0.15) is 5.76 Å². The largest absolute Gasteiger partial charge is 0.360 e. The number of aryl methyl sites for hydroxylation is 3. The lowest BCUT2D eigenvalue weighted by Crippen LogP contribution is -2.49. The molecule has 1 saturated heterocycles. The zero-order chi connectivity index (χ0) is 22.2. The van der Waals surface area contributed by atoms with Crippen molar-refractivity contribution in [2.24, 2.45) is 0 Å². The maximum atomic E-state index is 13.0. The summed E-state index contributed by atoms with van der Waals surface area (Å²) in [6.45, 7) is 7.69. The molecule has 0 spiro atoms. The summed E-state index contributed by atoms with van der Waals surface area (Å²) in [6, 6.07) is 7.14. The van der Waals surface area contributed by atoms with Crippen LogP contribution in [0.15, 0.2) is 38.5 Å². The normalized spacial score (nSPS) is 16.2. The lowest BCUT2D eigenvalue weighted by molar-refractivity contribution is 0.143. The first kappa shape index (κ1) is 21.7.